The van der Waals surface area contributed by atoms with Gasteiger partial charge in [0.15, 0.2) is 18.1 Å². The molecule has 0 aromatic heterocycles. The van der Waals surface area contributed by atoms with Crippen LogP contribution in [0.5, 0.6) is 11.5 Å². The monoisotopic (exact) mass is 484 g/mol. The van der Waals surface area contributed by atoms with E-state index in [2.05, 4.69) is 16.3 Å². The standard InChI is InChI=1S/C23H24N4O8/c1-33-17-9-8-15(10-18(17)34-2)22(31)26-27-12-16(11-20(27)29)23(32)35-13-19(28)24-25-21(30)14-6-4-3-5-7-14/h3-10,16H,11-13H2,1-2H3,(H,24,28)(H,25,30)(H,26,31)/t16-/m1/s1. The lowest BCUT2D eigenvalue weighted by atomic mass is 10.1. The number of esters is 1. The Morgan fingerprint density at radius 2 is 1.63 bits per heavy atom. The van der Waals surface area contributed by atoms with Gasteiger partial charge in [0, 0.05) is 17.5 Å². The number of ether oxygens (including phenoxy) is 3. The maximum atomic E-state index is 12.5. The lowest BCUT2D eigenvalue weighted by molar-refractivity contribution is -0.152. The summed E-state index contributed by atoms with van der Waals surface area (Å²) in [5.41, 5.74) is 7.34. The second-order valence-corrected chi connectivity index (χ2v) is 7.39. The summed E-state index contributed by atoms with van der Waals surface area (Å²) in [7, 11) is 2.89. The number of nitrogens with zero attached hydrogens (tertiary/aromatic N) is 1. The molecule has 35 heavy (non-hydrogen) atoms. The van der Waals surface area contributed by atoms with Crippen LogP contribution >= 0.6 is 0 Å². The van der Waals surface area contributed by atoms with Crippen LogP contribution in [0.1, 0.15) is 27.1 Å². The highest BCUT2D eigenvalue weighted by Gasteiger charge is 2.36. The largest absolute Gasteiger partial charge is 0.493 e. The molecule has 0 aliphatic carbocycles. The van der Waals surface area contributed by atoms with Crippen molar-refractivity contribution in [1.29, 1.82) is 0 Å². The van der Waals surface area contributed by atoms with Gasteiger partial charge in [-0.25, -0.2) is 0 Å². The minimum Gasteiger partial charge on any atom is -0.493 e. The van der Waals surface area contributed by atoms with Gasteiger partial charge in [-0.3, -0.25) is 45.3 Å². The summed E-state index contributed by atoms with van der Waals surface area (Å²) in [6, 6.07) is 12.7. The molecule has 0 radical (unpaired) electrons. The first-order chi connectivity index (χ1) is 16.8. The van der Waals surface area contributed by atoms with Gasteiger partial charge >= 0.3 is 5.97 Å². The van der Waals surface area contributed by atoms with Crippen LogP contribution < -0.4 is 25.8 Å². The molecule has 0 saturated carbocycles. The Hall–Kier alpha value is -4.61. The van der Waals surface area contributed by atoms with Gasteiger partial charge in [-0.2, -0.15) is 0 Å². The minimum atomic E-state index is -0.875. The summed E-state index contributed by atoms with van der Waals surface area (Å²) >= 11 is 0. The fourth-order valence-electron chi connectivity index (χ4n) is 3.22. The van der Waals surface area contributed by atoms with Crippen LogP contribution in [-0.4, -0.2) is 62.0 Å². The lowest BCUT2D eigenvalue weighted by Gasteiger charge is -2.18. The molecule has 1 aliphatic rings. The normalized spacial score (nSPS) is 14.6. The maximum absolute atomic E-state index is 12.5. The van der Waals surface area contributed by atoms with Gasteiger partial charge in [-0.1, -0.05) is 18.2 Å². The molecular formula is C23H24N4O8. The van der Waals surface area contributed by atoms with Crippen molar-refractivity contribution in [1.82, 2.24) is 21.3 Å². The molecule has 0 spiro atoms. The highest BCUT2D eigenvalue weighted by Crippen LogP contribution is 2.27. The zero-order valence-electron chi connectivity index (χ0n) is 19.0. The number of hydrogen-bond acceptors (Lipinski definition) is 8. The summed E-state index contributed by atoms with van der Waals surface area (Å²) in [6.07, 6.45) is -0.197. The first-order valence-electron chi connectivity index (χ1n) is 10.5. The van der Waals surface area contributed by atoms with Crippen LogP contribution in [-0.2, 0) is 19.1 Å². The van der Waals surface area contributed by atoms with Crippen molar-refractivity contribution in [2.75, 3.05) is 27.4 Å². The van der Waals surface area contributed by atoms with Crippen LogP contribution in [0.25, 0.3) is 0 Å². The third kappa shape index (κ3) is 6.47. The van der Waals surface area contributed by atoms with Crippen molar-refractivity contribution in [3.05, 3.63) is 59.7 Å². The van der Waals surface area contributed by atoms with Gasteiger partial charge in [0.25, 0.3) is 17.7 Å². The van der Waals surface area contributed by atoms with E-state index in [1.54, 1.807) is 36.4 Å². The number of hydrazine groups is 2. The number of hydrogen-bond donors (Lipinski definition) is 3. The van der Waals surface area contributed by atoms with E-state index < -0.39 is 42.1 Å². The predicted molar refractivity (Wildman–Crippen MR) is 120 cm³/mol. The topological polar surface area (TPSA) is 152 Å². The van der Waals surface area contributed by atoms with E-state index in [1.807, 2.05) is 0 Å². The van der Waals surface area contributed by atoms with Crippen molar-refractivity contribution in [3.8, 4) is 11.5 Å². The molecule has 2 aromatic rings. The Morgan fingerprint density at radius 3 is 2.31 bits per heavy atom. The first kappa shape index (κ1) is 25.0. The third-order valence-corrected chi connectivity index (χ3v) is 5.04. The number of benzene rings is 2. The highest BCUT2D eigenvalue weighted by molar-refractivity contribution is 5.97. The van der Waals surface area contributed by atoms with E-state index in [1.165, 1.54) is 26.4 Å². The van der Waals surface area contributed by atoms with Gasteiger partial charge in [0.1, 0.15) is 0 Å². The van der Waals surface area contributed by atoms with E-state index in [4.69, 9.17) is 14.2 Å². The van der Waals surface area contributed by atoms with Crippen LogP contribution in [0, 0.1) is 5.92 Å². The van der Waals surface area contributed by atoms with Crippen molar-refractivity contribution in [3.63, 3.8) is 0 Å². The molecule has 3 N–H and O–H groups in total. The summed E-state index contributed by atoms with van der Waals surface area (Å²) in [6.45, 7) is -0.778. The summed E-state index contributed by atoms with van der Waals surface area (Å²) in [5.74, 6) is -3.24. The van der Waals surface area contributed by atoms with Gasteiger partial charge in [0.05, 0.1) is 26.7 Å². The number of carbonyl (C=O) groups excluding carboxylic acids is 5. The molecule has 0 unspecified atom stereocenters. The van der Waals surface area contributed by atoms with Crippen molar-refractivity contribution >= 4 is 29.6 Å². The third-order valence-electron chi connectivity index (χ3n) is 5.04. The maximum Gasteiger partial charge on any atom is 0.311 e. The SMILES string of the molecule is COc1ccc(C(=O)NN2C[C@H](C(=O)OCC(=O)NNC(=O)c3ccccc3)CC2=O)cc1OC. The number of rotatable bonds is 8. The number of nitrogens with one attached hydrogen (secondary N) is 3. The van der Waals surface area contributed by atoms with Crippen molar-refractivity contribution in [2.45, 2.75) is 6.42 Å². The molecule has 3 rings (SSSR count). The molecule has 0 bridgehead atoms. The number of carbonyl (C=O) groups is 5. The predicted octanol–water partition coefficient (Wildman–Crippen LogP) is 0.202. The van der Waals surface area contributed by atoms with Crippen molar-refractivity contribution < 1.29 is 38.2 Å². The van der Waals surface area contributed by atoms with Crippen LogP contribution in [0.3, 0.4) is 0 Å². The zero-order valence-corrected chi connectivity index (χ0v) is 19.0. The van der Waals surface area contributed by atoms with Crippen LogP contribution in [0.15, 0.2) is 48.5 Å². The number of methoxy groups -OCH3 is 2. The van der Waals surface area contributed by atoms with Gasteiger partial charge in [-0.05, 0) is 30.3 Å². The molecule has 2 aromatic carbocycles. The number of amides is 4. The smallest absolute Gasteiger partial charge is 0.311 e. The Balaban J connectivity index is 1.45. The summed E-state index contributed by atoms with van der Waals surface area (Å²) < 4.78 is 15.2. The average molecular weight is 484 g/mol. The lowest BCUT2D eigenvalue weighted by Crippen LogP contribution is -2.44. The fraction of sp³-hybridized carbons (Fsp3) is 0.261. The Kier molecular flexibility index (Phi) is 8.22. The molecule has 1 atom stereocenters. The summed E-state index contributed by atoms with van der Waals surface area (Å²) in [5, 5.41) is 1.02. The molecular weight excluding hydrogens is 460 g/mol. The van der Waals surface area contributed by atoms with E-state index >= 15 is 0 Å². The van der Waals surface area contributed by atoms with Gasteiger partial charge in [0.2, 0.25) is 5.91 Å². The molecule has 1 saturated heterocycles. The summed E-state index contributed by atoms with van der Waals surface area (Å²) in [4.78, 5) is 60.9. The van der Waals surface area contributed by atoms with Gasteiger partial charge < -0.3 is 14.2 Å². The molecule has 1 heterocycles. The van der Waals surface area contributed by atoms with Crippen LogP contribution in [0.4, 0.5) is 0 Å². The molecule has 1 fully saturated rings. The first-order valence-corrected chi connectivity index (χ1v) is 10.5. The van der Waals surface area contributed by atoms with Crippen LogP contribution in [0.2, 0.25) is 0 Å². The second kappa shape index (κ2) is 11.5. The molecule has 4 amide bonds. The zero-order chi connectivity index (χ0) is 25.4. The molecule has 184 valence electrons. The van der Waals surface area contributed by atoms with Crippen molar-refractivity contribution in [2.24, 2.45) is 5.92 Å². The average Bonchev–Trinajstić information content (AvgIpc) is 3.25. The van der Waals surface area contributed by atoms with Gasteiger partial charge in [-0.15, -0.1) is 0 Å². The highest BCUT2D eigenvalue weighted by atomic mass is 16.5. The quantitative estimate of drug-likeness (QED) is 0.355. The van der Waals surface area contributed by atoms with E-state index in [-0.39, 0.29) is 18.5 Å². The Bertz CT molecular complexity index is 1120. The molecule has 1 aliphatic heterocycles. The molecule has 12 nitrogen and oxygen atoms in total. The Morgan fingerprint density at radius 1 is 0.914 bits per heavy atom. The van der Waals surface area contributed by atoms with E-state index in [0.717, 1.165) is 5.01 Å². The van der Waals surface area contributed by atoms with E-state index in [9.17, 15) is 24.0 Å². The second-order valence-electron chi connectivity index (χ2n) is 7.39. The van der Waals surface area contributed by atoms with E-state index in [0.29, 0.717) is 17.1 Å². The molecule has 12 heteroatoms. The minimum absolute atomic E-state index is 0.122. The Labute approximate surface area is 200 Å². The fourth-order valence-corrected chi connectivity index (χ4v) is 3.22.